The Balaban J connectivity index is 2.23. The van der Waals surface area contributed by atoms with Gasteiger partial charge in [-0.05, 0) is 30.9 Å². The Morgan fingerprint density at radius 2 is 2.19 bits per heavy atom. The summed E-state index contributed by atoms with van der Waals surface area (Å²) < 4.78 is 6.86. The molecule has 0 unspecified atom stereocenters. The highest BCUT2D eigenvalue weighted by Gasteiger charge is 2.17. The van der Waals surface area contributed by atoms with Gasteiger partial charge in [0.25, 0.3) is 0 Å². The van der Waals surface area contributed by atoms with Crippen molar-refractivity contribution in [3.8, 4) is 0 Å². The number of rotatable bonds is 1. The lowest BCUT2D eigenvalue weighted by atomic mass is 10.1. The van der Waals surface area contributed by atoms with Crippen LogP contribution in [-0.4, -0.2) is 19.0 Å². The number of benzene rings is 1. The average Bonchev–Trinajstić information content (AvgIpc) is 2.87. The summed E-state index contributed by atoms with van der Waals surface area (Å²) >= 11 is 1.77. The molecule has 16 heavy (non-hydrogen) atoms. The molecular weight excluding hydrogens is 218 g/mol. The van der Waals surface area contributed by atoms with Crippen LogP contribution in [0.4, 0.5) is 0 Å². The van der Waals surface area contributed by atoms with Crippen molar-refractivity contribution >= 4 is 27.3 Å². The summed E-state index contributed by atoms with van der Waals surface area (Å²) in [5, 5.41) is 1.33. The topological polar surface area (TPSA) is 21.6 Å². The van der Waals surface area contributed by atoms with Crippen LogP contribution in [0.15, 0.2) is 23.2 Å². The van der Waals surface area contributed by atoms with Gasteiger partial charge in [0.1, 0.15) is 6.61 Å². The zero-order valence-corrected chi connectivity index (χ0v) is 10.2. The summed E-state index contributed by atoms with van der Waals surface area (Å²) in [5.41, 5.74) is 2.60. The highest BCUT2D eigenvalue weighted by Crippen LogP contribution is 2.32. The van der Waals surface area contributed by atoms with E-state index in [1.54, 1.807) is 11.3 Å². The van der Waals surface area contributed by atoms with E-state index in [2.05, 4.69) is 37.0 Å². The van der Waals surface area contributed by atoms with Crippen LogP contribution in [-0.2, 0) is 4.74 Å². The highest BCUT2D eigenvalue weighted by molar-refractivity contribution is 7.21. The Hall–Kier alpha value is -1.35. The Kier molecular flexibility index (Phi) is 2.21. The number of fused-ring (bicyclic) bond motifs is 1. The van der Waals surface area contributed by atoms with Gasteiger partial charge in [0, 0.05) is 4.70 Å². The summed E-state index contributed by atoms with van der Waals surface area (Å²) in [6, 6.07) is 6.57. The molecule has 3 heteroatoms. The lowest BCUT2D eigenvalue weighted by Gasteiger charge is -1.99. The molecule has 0 bridgehead atoms. The average molecular weight is 231 g/mol. The van der Waals surface area contributed by atoms with Gasteiger partial charge in [0.15, 0.2) is 0 Å². The molecule has 1 aromatic heterocycles. The standard InChI is InChI=1S/C13H13NOS/c1-8-3-4-11-10(7-8)9(2)12(16-11)13-14-5-6-15-13/h3-4,7H,5-6H2,1-2H3. The molecule has 1 aliphatic heterocycles. The number of hydrogen-bond acceptors (Lipinski definition) is 3. The van der Waals surface area contributed by atoms with Gasteiger partial charge in [-0.2, -0.15) is 0 Å². The molecule has 82 valence electrons. The fraction of sp³-hybridized carbons (Fsp3) is 0.308. The number of aryl methyl sites for hydroxylation is 2. The van der Waals surface area contributed by atoms with Crippen LogP contribution in [0.5, 0.6) is 0 Å². The zero-order valence-electron chi connectivity index (χ0n) is 9.41. The molecule has 3 rings (SSSR count). The zero-order chi connectivity index (χ0) is 11.1. The largest absolute Gasteiger partial charge is 0.475 e. The van der Waals surface area contributed by atoms with Crippen molar-refractivity contribution in [3.05, 3.63) is 34.2 Å². The molecule has 0 saturated carbocycles. The first-order chi connectivity index (χ1) is 7.75. The molecule has 2 nitrogen and oxygen atoms in total. The minimum absolute atomic E-state index is 0.724. The normalized spacial score (nSPS) is 15.2. The maximum Gasteiger partial charge on any atom is 0.226 e. The first-order valence-electron chi connectivity index (χ1n) is 5.43. The Bertz CT molecular complexity index is 583. The van der Waals surface area contributed by atoms with E-state index in [0.717, 1.165) is 19.0 Å². The van der Waals surface area contributed by atoms with Crippen molar-refractivity contribution in [2.45, 2.75) is 13.8 Å². The van der Waals surface area contributed by atoms with Crippen LogP contribution in [0.2, 0.25) is 0 Å². The molecule has 1 aromatic carbocycles. The first-order valence-corrected chi connectivity index (χ1v) is 6.25. The van der Waals surface area contributed by atoms with E-state index in [1.807, 2.05) is 0 Å². The number of hydrogen-bond donors (Lipinski definition) is 0. The first kappa shape index (κ1) is 9.85. The second kappa shape index (κ2) is 3.59. The molecule has 1 aliphatic rings. The highest BCUT2D eigenvalue weighted by atomic mass is 32.1. The molecule has 0 amide bonds. The predicted molar refractivity (Wildman–Crippen MR) is 68.7 cm³/mol. The van der Waals surface area contributed by atoms with E-state index >= 15 is 0 Å². The van der Waals surface area contributed by atoms with Gasteiger partial charge >= 0.3 is 0 Å². The van der Waals surface area contributed by atoms with Crippen LogP contribution in [0.3, 0.4) is 0 Å². The molecule has 0 saturated heterocycles. The fourth-order valence-electron chi connectivity index (χ4n) is 2.01. The monoisotopic (exact) mass is 231 g/mol. The summed E-state index contributed by atoms with van der Waals surface area (Å²) in [6.45, 7) is 5.79. The Morgan fingerprint density at radius 3 is 2.94 bits per heavy atom. The molecule has 2 aromatic rings. The smallest absolute Gasteiger partial charge is 0.226 e. The quantitative estimate of drug-likeness (QED) is 0.738. The Morgan fingerprint density at radius 1 is 1.31 bits per heavy atom. The molecule has 2 heterocycles. The minimum atomic E-state index is 0.724. The third-order valence-corrected chi connectivity index (χ3v) is 4.13. The van der Waals surface area contributed by atoms with E-state index < -0.39 is 0 Å². The number of thiophene rings is 1. The van der Waals surface area contributed by atoms with E-state index in [9.17, 15) is 0 Å². The summed E-state index contributed by atoms with van der Waals surface area (Å²) in [6.07, 6.45) is 0. The van der Waals surface area contributed by atoms with Gasteiger partial charge in [0.2, 0.25) is 5.90 Å². The van der Waals surface area contributed by atoms with Gasteiger partial charge in [-0.3, -0.25) is 0 Å². The van der Waals surface area contributed by atoms with Crippen molar-refractivity contribution in [1.82, 2.24) is 0 Å². The molecule has 0 spiro atoms. The predicted octanol–water partition coefficient (Wildman–Crippen LogP) is 3.29. The van der Waals surface area contributed by atoms with Crippen LogP contribution in [0, 0.1) is 13.8 Å². The van der Waals surface area contributed by atoms with Crippen molar-refractivity contribution in [2.24, 2.45) is 4.99 Å². The van der Waals surface area contributed by atoms with E-state index in [1.165, 1.54) is 26.1 Å². The van der Waals surface area contributed by atoms with Crippen molar-refractivity contribution < 1.29 is 4.74 Å². The number of nitrogens with zero attached hydrogens (tertiary/aromatic N) is 1. The third-order valence-electron chi connectivity index (χ3n) is 2.87. The fourth-order valence-corrected chi connectivity index (χ4v) is 3.16. The van der Waals surface area contributed by atoms with Crippen LogP contribution in [0.25, 0.3) is 10.1 Å². The van der Waals surface area contributed by atoms with Crippen LogP contribution >= 0.6 is 11.3 Å². The molecular formula is C13H13NOS. The van der Waals surface area contributed by atoms with Gasteiger partial charge in [-0.15, -0.1) is 11.3 Å². The lowest BCUT2D eigenvalue weighted by molar-refractivity contribution is 0.349. The molecule has 0 fully saturated rings. The third kappa shape index (κ3) is 1.43. The molecule has 0 N–H and O–H groups in total. The van der Waals surface area contributed by atoms with E-state index in [4.69, 9.17) is 4.74 Å². The SMILES string of the molecule is Cc1ccc2sc(C3=NCCO3)c(C)c2c1. The number of aliphatic imine (C=N–C) groups is 1. The van der Waals surface area contributed by atoms with Gasteiger partial charge in [0.05, 0.1) is 11.4 Å². The van der Waals surface area contributed by atoms with Gasteiger partial charge in [-0.1, -0.05) is 17.7 Å². The summed E-state index contributed by atoms with van der Waals surface area (Å²) in [7, 11) is 0. The van der Waals surface area contributed by atoms with Gasteiger partial charge in [-0.25, -0.2) is 4.99 Å². The van der Waals surface area contributed by atoms with E-state index in [-0.39, 0.29) is 0 Å². The number of ether oxygens (including phenoxy) is 1. The summed E-state index contributed by atoms with van der Waals surface area (Å²) in [4.78, 5) is 5.58. The molecule has 0 atom stereocenters. The minimum Gasteiger partial charge on any atom is -0.475 e. The lowest BCUT2D eigenvalue weighted by Crippen LogP contribution is -1.99. The second-order valence-corrected chi connectivity index (χ2v) is 5.14. The van der Waals surface area contributed by atoms with Crippen molar-refractivity contribution in [3.63, 3.8) is 0 Å². The van der Waals surface area contributed by atoms with Gasteiger partial charge < -0.3 is 4.74 Å². The molecule has 0 radical (unpaired) electrons. The Labute approximate surface area is 98.6 Å². The second-order valence-electron chi connectivity index (χ2n) is 4.09. The van der Waals surface area contributed by atoms with Crippen LogP contribution < -0.4 is 0 Å². The molecule has 0 aliphatic carbocycles. The van der Waals surface area contributed by atoms with E-state index in [0.29, 0.717) is 0 Å². The maximum absolute atomic E-state index is 5.54. The maximum atomic E-state index is 5.54. The van der Waals surface area contributed by atoms with Crippen molar-refractivity contribution in [2.75, 3.05) is 13.2 Å². The summed E-state index contributed by atoms with van der Waals surface area (Å²) in [5.74, 6) is 0.830. The van der Waals surface area contributed by atoms with Crippen molar-refractivity contribution in [1.29, 1.82) is 0 Å². The van der Waals surface area contributed by atoms with Crippen LogP contribution in [0.1, 0.15) is 16.0 Å².